The minimum Gasteiger partial charge on any atom is -0.508 e. The van der Waals surface area contributed by atoms with E-state index >= 15 is 0 Å². The van der Waals surface area contributed by atoms with E-state index in [4.69, 9.17) is 4.42 Å². The minimum absolute atomic E-state index is 0.0900. The second kappa shape index (κ2) is 6.89. The number of hydrogen-bond acceptors (Lipinski definition) is 4. The fourth-order valence-corrected chi connectivity index (χ4v) is 2.89. The van der Waals surface area contributed by atoms with Crippen molar-refractivity contribution in [3.05, 3.63) is 75.6 Å². The Labute approximate surface area is 141 Å². The second-order valence-corrected chi connectivity index (χ2v) is 6.11. The summed E-state index contributed by atoms with van der Waals surface area (Å²) < 4.78 is 5.17. The number of rotatable bonds is 5. The van der Waals surface area contributed by atoms with Gasteiger partial charge in [0, 0.05) is 30.6 Å². The summed E-state index contributed by atoms with van der Waals surface area (Å²) in [4.78, 5) is 13.9. The highest BCUT2D eigenvalue weighted by atomic mass is 16.4. The zero-order valence-corrected chi connectivity index (χ0v) is 14.0. The Morgan fingerprint density at radius 1 is 1.00 bits per heavy atom. The van der Waals surface area contributed by atoms with Crippen molar-refractivity contribution in [2.75, 3.05) is 7.05 Å². The van der Waals surface area contributed by atoms with Gasteiger partial charge in [-0.15, -0.1) is 0 Å². The van der Waals surface area contributed by atoms with E-state index in [1.165, 1.54) is 23.3 Å². The summed E-state index contributed by atoms with van der Waals surface area (Å²) in [6, 6.07) is 15.0. The lowest BCUT2D eigenvalue weighted by molar-refractivity contribution is 0.319. The van der Waals surface area contributed by atoms with Crippen LogP contribution in [0.3, 0.4) is 0 Å². The number of hydrogen-bond donors (Lipinski definition) is 1. The summed E-state index contributed by atoms with van der Waals surface area (Å²) >= 11 is 0. The number of nitrogens with zero attached hydrogens (tertiary/aromatic N) is 1. The van der Waals surface area contributed by atoms with Gasteiger partial charge in [0.2, 0.25) is 0 Å². The molecule has 4 heteroatoms. The van der Waals surface area contributed by atoms with Crippen molar-refractivity contribution in [3.63, 3.8) is 0 Å². The van der Waals surface area contributed by atoms with Gasteiger partial charge in [0.15, 0.2) is 0 Å². The highest BCUT2D eigenvalue weighted by Crippen LogP contribution is 2.23. The highest BCUT2D eigenvalue weighted by molar-refractivity contribution is 5.81. The number of fused-ring (bicyclic) bond motifs is 1. The molecule has 4 nitrogen and oxygen atoms in total. The molecule has 0 aliphatic carbocycles. The van der Waals surface area contributed by atoms with Crippen molar-refractivity contribution >= 4 is 11.0 Å². The standard InChI is InChI=1S/C20H21NO3/c1-3-14-4-6-15(7-5-14)12-21(2)13-16-10-20(23)24-19-11-17(22)8-9-18(16)19/h4-11,22H,3,12-13H2,1-2H3. The third-order valence-electron chi connectivity index (χ3n) is 4.14. The largest absolute Gasteiger partial charge is 0.508 e. The van der Waals surface area contributed by atoms with E-state index in [0.717, 1.165) is 23.9 Å². The number of aryl methyl sites for hydroxylation is 1. The summed E-state index contributed by atoms with van der Waals surface area (Å²) in [6.45, 7) is 3.57. The van der Waals surface area contributed by atoms with Crippen LogP contribution in [0.25, 0.3) is 11.0 Å². The smallest absolute Gasteiger partial charge is 0.336 e. The average molecular weight is 323 g/mol. The van der Waals surface area contributed by atoms with Gasteiger partial charge in [-0.2, -0.15) is 0 Å². The second-order valence-electron chi connectivity index (χ2n) is 6.11. The topological polar surface area (TPSA) is 53.7 Å². The Kier molecular flexibility index (Phi) is 4.67. The third kappa shape index (κ3) is 3.66. The van der Waals surface area contributed by atoms with E-state index in [0.29, 0.717) is 12.1 Å². The van der Waals surface area contributed by atoms with Gasteiger partial charge in [0.05, 0.1) is 0 Å². The lowest BCUT2D eigenvalue weighted by Gasteiger charge is -2.18. The van der Waals surface area contributed by atoms with Crippen LogP contribution >= 0.6 is 0 Å². The first-order chi connectivity index (χ1) is 11.5. The maximum Gasteiger partial charge on any atom is 0.336 e. The first-order valence-corrected chi connectivity index (χ1v) is 8.07. The summed E-state index contributed by atoms with van der Waals surface area (Å²) in [5.41, 5.74) is 3.48. The van der Waals surface area contributed by atoms with Gasteiger partial charge in [-0.1, -0.05) is 31.2 Å². The molecule has 0 saturated carbocycles. The Bertz CT molecular complexity index is 897. The molecule has 0 aliphatic rings. The molecule has 1 N–H and O–H groups in total. The molecule has 0 saturated heterocycles. The molecule has 0 fully saturated rings. The first-order valence-electron chi connectivity index (χ1n) is 8.07. The van der Waals surface area contributed by atoms with Gasteiger partial charge >= 0.3 is 5.63 Å². The number of phenolic OH excluding ortho intramolecular Hbond substituents is 1. The van der Waals surface area contributed by atoms with Gasteiger partial charge in [-0.25, -0.2) is 4.79 Å². The van der Waals surface area contributed by atoms with Gasteiger partial charge in [0.25, 0.3) is 0 Å². The molecule has 1 aromatic heterocycles. The van der Waals surface area contributed by atoms with Crippen molar-refractivity contribution in [2.45, 2.75) is 26.4 Å². The zero-order chi connectivity index (χ0) is 17.1. The molecule has 0 aliphatic heterocycles. The van der Waals surface area contributed by atoms with E-state index in [-0.39, 0.29) is 5.75 Å². The molecule has 3 aromatic rings. The Hall–Kier alpha value is -2.59. The fraction of sp³-hybridized carbons (Fsp3) is 0.250. The van der Waals surface area contributed by atoms with Crippen LogP contribution in [0.2, 0.25) is 0 Å². The predicted octanol–water partition coefficient (Wildman–Crippen LogP) is 3.69. The molecule has 124 valence electrons. The van der Waals surface area contributed by atoms with E-state index < -0.39 is 5.63 Å². The normalized spacial score (nSPS) is 11.3. The SMILES string of the molecule is CCc1ccc(CN(C)Cc2cc(=O)oc3cc(O)ccc23)cc1. The van der Waals surface area contributed by atoms with Crippen molar-refractivity contribution in [3.8, 4) is 5.75 Å². The van der Waals surface area contributed by atoms with Crippen molar-refractivity contribution < 1.29 is 9.52 Å². The molecule has 2 aromatic carbocycles. The number of aromatic hydroxyl groups is 1. The molecule has 0 unspecified atom stereocenters. The maximum absolute atomic E-state index is 11.8. The van der Waals surface area contributed by atoms with E-state index in [1.807, 2.05) is 7.05 Å². The molecule has 0 atom stereocenters. The van der Waals surface area contributed by atoms with Crippen molar-refractivity contribution in [1.82, 2.24) is 4.90 Å². The lowest BCUT2D eigenvalue weighted by atomic mass is 10.1. The molecule has 0 radical (unpaired) electrons. The summed E-state index contributed by atoms with van der Waals surface area (Å²) in [5, 5.41) is 10.4. The third-order valence-corrected chi connectivity index (χ3v) is 4.14. The van der Waals surface area contributed by atoms with E-state index in [1.54, 1.807) is 12.1 Å². The van der Waals surface area contributed by atoms with Crippen LogP contribution in [0, 0.1) is 0 Å². The van der Waals surface area contributed by atoms with Gasteiger partial charge < -0.3 is 9.52 Å². The minimum atomic E-state index is -0.399. The van der Waals surface area contributed by atoms with Gasteiger partial charge in [-0.05, 0) is 42.3 Å². The molecule has 0 spiro atoms. The van der Waals surface area contributed by atoms with E-state index in [9.17, 15) is 9.90 Å². The fourth-order valence-electron chi connectivity index (χ4n) is 2.89. The Morgan fingerprint density at radius 2 is 1.71 bits per heavy atom. The predicted molar refractivity (Wildman–Crippen MR) is 95.1 cm³/mol. The molecule has 0 amide bonds. The van der Waals surface area contributed by atoms with Gasteiger partial charge in [0.1, 0.15) is 11.3 Å². The van der Waals surface area contributed by atoms with Crippen molar-refractivity contribution in [1.29, 1.82) is 0 Å². The summed E-state index contributed by atoms with van der Waals surface area (Å²) in [5.74, 6) is 0.0900. The van der Waals surface area contributed by atoms with Crippen LogP contribution in [0.4, 0.5) is 0 Å². The summed E-state index contributed by atoms with van der Waals surface area (Å²) in [7, 11) is 2.02. The molecule has 1 heterocycles. The maximum atomic E-state index is 11.8. The lowest BCUT2D eigenvalue weighted by Crippen LogP contribution is -2.18. The van der Waals surface area contributed by atoms with E-state index in [2.05, 4.69) is 36.1 Å². The summed E-state index contributed by atoms with van der Waals surface area (Å²) in [6.07, 6.45) is 1.04. The molecule has 3 rings (SSSR count). The Morgan fingerprint density at radius 3 is 2.42 bits per heavy atom. The Balaban J connectivity index is 1.82. The zero-order valence-electron chi connectivity index (χ0n) is 14.0. The van der Waals surface area contributed by atoms with Gasteiger partial charge in [-0.3, -0.25) is 4.90 Å². The first kappa shape index (κ1) is 16.3. The highest BCUT2D eigenvalue weighted by Gasteiger charge is 2.09. The molecule has 0 bridgehead atoms. The van der Waals surface area contributed by atoms with Crippen molar-refractivity contribution in [2.24, 2.45) is 0 Å². The molecular weight excluding hydrogens is 302 g/mol. The number of benzene rings is 2. The molecular formula is C20H21NO3. The van der Waals surface area contributed by atoms with Crippen LogP contribution < -0.4 is 5.63 Å². The number of phenols is 1. The van der Waals surface area contributed by atoms with Crippen LogP contribution in [-0.2, 0) is 19.5 Å². The average Bonchev–Trinajstić information content (AvgIpc) is 2.54. The van der Waals surface area contributed by atoms with Crippen LogP contribution in [0.5, 0.6) is 5.75 Å². The monoisotopic (exact) mass is 323 g/mol. The van der Waals surface area contributed by atoms with Crippen LogP contribution in [-0.4, -0.2) is 17.1 Å². The van der Waals surface area contributed by atoms with Crippen LogP contribution in [0.15, 0.2) is 57.7 Å². The molecule has 24 heavy (non-hydrogen) atoms. The quantitative estimate of drug-likeness (QED) is 0.728. The van der Waals surface area contributed by atoms with Crippen LogP contribution in [0.1, 0.15) is 23.6 Å².